The van der Waals surface area contributed by atoms with Gasteiger partial charge in [0.15, 0.2) is 0 Å². The Bertz CT molecular complexity index is 1320. The molecule has 5 rings (SSSR count). The highest BCUT2D eigenvalue weighted by Gasteiger charge is 2.25. The molecule has 8 heteroatoms. The number of amides is 1. The third-order valence-corrected chi connectivity index (χ3v) is 7.70. The molecule has 2 aliphatic rings. The minimum Gasteiger partial charge on any atom is -0.369 e. The van der Waals surface area contributed by atoms with Crippen molar-refractivity contribution in [2.45, 2.75) is 27.3 Å². The molecule has 2 aromatic carbocycles. The average Bonchev–Trinajstić information content (AvgIpc) is 2.90. The van der Waals surface area contributed by atoms with Crippen molar-refractivity contribution in [2.75, 3.05) is 62.2 Å². The van der Waals surface area contributed by atoms with Crippen molar-refractivity contribution in [3.8, 4) is 0 Å². The van der Waals surface area contributed by atoms with Crippen LogP contribution in [0.3, 0.4) is 0 Å². The van der Waals surface area contributed by atoms with E-state index in [4.69, 9.17) is 4.98 Å². The second-order valence-corrected chi connectivity index (χ2v) is 10.1. The molecule has 1 amide bonds. The molecule has 0 unspecified atom stereocenters. The van der Waals surface area contributed by atoms with Crippen molar-refractivity contribution in [2.24, 2.45) is 0 Å². The lowest BCUT2D eigenvalue weighted by atomic mass is 10.1. The highest BCUT2D eigenvalue weighted by Crippen LogP contribution is 2.24. The van der Waals surface area contributed by atoms with E-state index >= 15 is 0 Å². The van der Waals surface area contributed by atoms with Crippen LogP contribution in [0.15, 0.2) is 53.3 Å². The quantitative estimate of drug-likeness (QED) is 0.581. The third kappa shape index (κ3) is 5.54. The Morgan fingerprint density at radius 1 is 0.838 bits per heavy atom. The van der Waals surface area contributed by atoms with E-state index in [1.54, 1.807) is 6.07 Å². The zero-order valence-electron chi connectivity index (χ0n) is 22.0. The highest BCUT2D eigenvalue weighted by atomic mass is 16.2. The third-order valence-electron chi connectivity index (χ3n) is 7.70. The van der Waals surface area contributed by atoms with Crippen LogP contribution in [0.4, 0.5) is 11.6 Å². The molecule has 194 valence electrons. The molecule has 3 heterocycles. The molecule has 2 aliphatic heterocycles. The lowest BCUT2D eigenvalue weighted by Crippen LogP contribution is -2.49. The van der Waals surface area contributed by atoms with Crippen LogP contribution in [-0.4, -0.2) is 78.0 Å². The van der Waals surface area contributed by atoms with Gasteiger partial charge in [-0.05, 0) is 49.6 Å². The van der Waals surface area contributed by atoms with Crippen LogP contribution >= 0.6 is 0 Å². The highest BCUT2D eigenvalue weighted by molar-refractivity contribution is 5.95. The van der Waals surface area contributed by atoms with E-state index in [1.165, 1.54) is 16.8 Å². The van der Waals surface area contributed by atoms with Crippen molar-refractivity contribution in [1.29, 1.82) is 0 Å². The van der Waals surface area contributed by atoms with E-state index < -0.39 is 0 Å². The largest absolute Gasteiger partial charge is 0.369 e. The fourth-order valence-corrected chi connectivity index (χ4v) is 5.28. The average molecular weight is 501 g/mol. The number of aryl methyl sites for hydroxylation is 2. The first kappa shape index (κ1) is 25.0. The molecule has 0 bridgehead atoms. The number of anilines is 2. The number of rotatable bonds is 5. The lowest BCUT2D eigenvalue weighted by molar-refractivity contribution is 0.0745. The van der Waals surface area contributed by atoms with Gasteiger partial charge in [-0.3, -0.25) is 19.5 Å². The van der Waals surface area contributed by atoms with Crippen LogP contribution in [0.2, 0.25) is 0 Å². The number of hydrogen-bond donors (Lipinski definition) is 1. The maximum atomic E-state index is 13.0. The zero-order chi connectivity index (χ0) is 25.9. The van der Waals surface area contributed by atoms with Crippen molar-refractivity contribution >= 4 is 17.5 Å². The van der Waals surface area contributed by atoms with Gasteiger partial charge in [0.25, 0.3) is 11.5 Å². The Kier molecular flexibility index (Phi) is 7.28. The Hall–Kier alpha value is -3.65. The van der Waals surface area contributed by atoms with Crippen LogP contribution in [0.5, 0.6) is 0 Å². The molecule has 0 spiro atoms. The van der Waals surface area contributed by atoms with Gasteiger partial charge in [0.1, 0.15) is 0 Å². The predicted molar refractivity (Wildman–Crippen MR) is 148 cm³/mol. The Balaban J connectivity index is 1.19. The molecule has 37 heavy (non-hydrogen) atoms. The summed E-state index contributed by atoms with van der Waals surface area (Å²) < 4.78 is 0. The summed E-state index contributed by atoms with van der Waals surface area (Å²) in [5, 5.41) is 0. The van der Waals surface area contributed by atoms with Crippen LogP contribution in [0.25, 0.3) is 0 Å². The van der Waals surface area contributed by atoms with Gasteiger partial charge < -0.3 is 14.7 Å². The van der Waals surface area contributed by atoms with E-state index in [0.717, 1.165) is 43.0 Å². The number of piperazine rings is 2. The molecule has 1 aromatic heterocycles. The van der Waals surface area contributed by atoms with Crippen LogP contribution in [0, 0.1) is 20.8 Å². The first-order valence-corrected chi connectivity index (χ1v) is 13.1. The van der Waals surface area contributed by atoms with Crippen molar-refractivity contribution < 1.29 is 4.79 Å². The first-order valence-electron chi connectivity index (χ1n) is 13.1. The van der Waals surface area contributed by atoms with E-state index in [9.17, 15) is 9.59 Å². The van der Waals surface area contributed by atoms with E-state index in [0.29, 0.717) is 38.7 Å². The van der Waals surface area contributed by atoms with Gasteiger partial charge >= 0.3 is 0 Å². The van der Waals surface area contributed by atoms with E-state index in [-0.39, 0.29) is 11.5 Å². The standard InChI is InChI=1S/C29H36N6O2/c1-21-8-6-10-26(23(21)3)33-13-11-32(12-14-33)20-24-19-27(36)31-29(30-24)35-17-15-34(16-18-35)28(37)25-9-5-4-7-22(25)2/h4-10,19H,11-18,20H2,1-3H3,(H,30,31,36). The summed E-state index contributed by atoms with van der Waals surface area (Å²) >= 11 is 0. The molecular formula is C29H36N6O2. The number of H-pyrrole nitrogens is 1. The van der Waals surface area contributed by atoms with Gasteiger partial charge in [-0.15, -0.1) is 0 Å². The SMILES string of the molecule is Cc1ccccc1C(=O)N1CCN(c2nc(CN3CCN(c4cccc(C)c4C)CC3)cc(=O)[nH]2)CC1. The maximum Gasteiger partial charge on any atom is 0.254 e. The Labute approximate surface area is 218 Å². The number of benzene rings is 2. The number of hydrogen-bond acceptors (Lipinski definition) is 6. The molecule has 2 saturated heterocycles. The summed E-state index contributed by atoms with van der Waals surface area (Å²) in [6.45, 7) is 13.2. The Morgan fingerprint density at radius 3 is 2.24 bits per heavy atom. The van der Waals surface area contributed by atoms with Gasteiger partial charge in [0, 0.05) is 76.2 Å². The molecule has 3 aromatic rings. The first-order chi connectivity index (χ1) is 17.9. The van der Waals surface area contributed by atoms with Crippen LogP contribution in [-0.2, 0) is 6.54 Å². The van der Waals surface area contributed by atoms with Crippen LogP contribution in [0.1, 0.15) is 32.7 Å². The monoisotopic (exact) mass is 500 g/mol. The van der Waals surface area contributed by atoms with Crippen molar-refractivity contribution in [3.05, 3.63) is 86.8 Å². The second kappa shape index (κ2) is 10.8. The van der Waals surface area contributed by atoms with Crippen molar-refractivity contribution in [3.63, 3.8) is 0 Å². The van der Waals surface area contributed by atoms with Gasteiger partial charge in [-0.1, -0.05) is 30.3 Å². The molecule has 0 saturated carbocycles. The lowest BCUT2D eigenvalue weighted by Gasteiger charge is -2.37. The molecular weight excluding hydrogens is 464 g/mol. The molecule has 8 nitrogen and oxygen atoms in total. The zero-order valence-corrected chi connectivity index (χ0v) is 22.0. The van der Waals surface area contributed by atoms with Gasteiger partial charge in [0.05, 0.1) is 5.69 Å². The van der Waals surface area contributed by atoms with E-state index in [2.05, 4.69) is 51.7 Å². The number of carbonyl (C=O) groups excluding carboxylic acids is 1. The summed E-state index contributed by atoms with van der Waals surface area (Å²) in [7, 11) is 0. The number of nitrogens with zero attached hydrogens (tertiary/aromatic N) is 5. The van der Waals surface area contributed by atoms with Gasteiger partial charge in [-0.25, -0.2) is 4.98 Å². The fourth-order valence-electron chi connectivity index (χ4n) is 5.28. The molecule has 2 fully saturated rings. The molecule has 0 radical (unpaired) electrons. The predicted octanol–water partition coefficient (Wildman–Crippen LogP) is 2.98. The smallest absolute Gasteiger partial charge is 0.254 e. The van der Waals surface area contributed by atoms with Gasteiger partial charge in [0.2, 0.25) is 5.95 Å². The summed E-state index contributed by atoms with van der Waals surface area (Å²) in [5.74, 6) is 0.660. The summed E-state index contributed by atoms with van der Waals surface area (Å²) in [5.41, 5.74) is 6.38. The second-order valence-electron chi connectivity index (χ2n) is 10.1. The molecule has 1 N–H and O–H groups in total. The van der Waals surface area contributed by atoms with Crippen molar-refractivity contribution in [1.82, 2.24) is 19.8 Å². The topological polar surface area (TPSA) is 75.8 Å². The molecule has 0 atom stereocenters. The minimum absolute atomic E-state index is 0.0629. The van der Waals surface area contributed by atoms with Crippen LogP contribution < -0.4 is 15.4 Å². The molecule has 0 aliphatic carbocycles. The number of aromatic amines is 1. The number of aromatic nitrogens is 2. The summed E-state index contributed by atoms with van der Waals surface area (Å²) in [6, 6.07) is 15.8. The summed E-state index contributed by atoms with van der Waals surface area (Å²) in [6.07, 6.45) is 0. The Morgan fingerprint density at radius 2 is 1.51 bits per heavy atom. The number of carbonyl (C=O) groups is 1. The minimum atomic E-state index is -0.132. The number of nitrogens with one attached hydrogen (secondary N) is 1. The summed E-state index contributed by atoms with van der Waals surface area (Å²) in [4.78, 5) is 41.9. The fraction of sp³-hybridized carbons (Fsp3) is 0.414. The maximum absolute atomic E-state index is 13.0. The normalized spacial score (nSPS) is 16.8. The van der Waals surface area contributed by atoms with E-state index in [1.807, 2.05) is 36.1 Å². The van der Waals surface area contributed by atoms with Gasteiger partial charge in [-0.2, -0.15) is 0 Å².